The molecule has 3 rings (SSSR count). The van der Waals surface area contributed by atoms with Crippen molar-refractivity contribution in [3.63, 3.8) is 0 Å². The van der Waals surface area contributed by atoms with Crippen LogP contribution in [0.2, 0.25) is 0 Å². The van der Waals surface area contributed by atoms with Gasteiger partial charge in [-0.05, 0) is 37.3 Å². The maximum absolute atomic E-state index is 12.4. The van der Waals surface area contributed by atoms with Crippen LogP contribution in [0.1, 0.15) is 38.1 Å². The van der Waals surface area contributed by atoms with Gasteiger partial charge in [-0.2, -0.15) is 0 Å². The highest BCUT2D eigenvalue weighted by atomic mass is 16.5. The Morgan fingerprint density at radius 2 is 2.00 bits per heavy atom. The van der Waals surface area contributed by atoms with Gasteiger partial charge in [-0.25, -0.2) is 9.69 Å². The van der Waals surface area contributed by atoms with Gasteiger partial charge in [0.1, 0.15) is 5.69 Å². The van der Waals surface area contributed by atoms with Gasteiger partial charge in [-0.15, -0.1) is 0 Å². The minimum Gasteiger partial charge on any atom is -0.462 e. The van der Waals surface area contributed by atoms with E-state index < -0.39 is 17.8 Å². The standard InChI is InChI=1S/C16H12N2O4/c1-2-22-16(21)10-5-3-6-11(9-10)18-14(19)12-7-4-8-17-13(12)15(18)20/h3-9H,2H2,1H3. The predicted molar refractivity (Wildman–Crippen MR) is 77.8 cm³/mol. The van der Waals surface area contributed by atoms with Crippen LogP contribution in [0.25, 0.3) is 0 Å². The van der Waals surface area contributed by atoms with E-state index in [4.69, 9.17) is 4.74 Å². The molecule has 6 nitrogen and oxygen atoms in total. The number of anilines is 1. The number of pyridine rings is 1. The van der Waals surface area contributed by atoms with Gasteiger partial charge in [-0.1, -0.05) is 6.07 Å². The molecule has 0 unspecified atom stereocenters. The minimum atomic E-state index is -0.501. The number of carbonyl (C=O) groups is 3. The Morgan fingerprint density at radius 1 is 1.18 bits per heavy atom. The number of rotatable bonds is 3. The molecule has 6 heteroatoms. The molecule has 1 aromatic heterocycles. The summed E-state index contributed by atoms with van der Waals surface area (Å²) < 4.78 is 4.92. The molecule has 1 aromatic carbocycles. The van der Waals surface area contributed by atoms with E-state index in [1.54, 1.807) is 37.3 Å². The molecule has 0 saturated carbocycles. The minimum absolute atomic E-state index is 0.119. The maximum atomic E-state index is 12.4. The third kappa shape index (κ3) is 2.14. The van der Waals surface area contributed by atoms with E-state index in [-0.39, 0.29) is 23.4 Å². The van der Waals surface area contributed by atoms with Gasteiger partial charge in [0.25, 0.3) is 11.8 Å². The van der Waals surface area contributed by atoms with E-state index in [9.17, 15) is 14.4 Å². The lowest BCUT2D eigenvalue weighted by Gasteiger charge is -2.14. The molecule has 0 fully saturated rings. The first-order valence-corrected chi connectivity index (χ1v) is 6.74. The quantitative estimate of drug-likeness (QED) is 0.640. The summed E-state index contributed by atoms with van der Waals surface area (Å²) in [4.78, 5) is 41.4. The number of benzene rings is 1. The Labute approximate surface area is 126 Å². The van der Waals surface area contributed by atoms with Crippen LogP contribution in [0, 0.1) is 0 Å². The topological polar surface area (TPSA) is 76.6 Å². The van der Waals surface area contributed by atoms with Crippen molar-refractivity contribution in [1.82, 2.24) is 4.98 Å². The summed E-state index contributed by atoms with van der Waals surface area (Å²) in [6.45, 7) is 1.96. The lowest BCUT2D eigenvalue weighted by Crippen LogP contribution is -2.29. The lowest BCUT2D eigenvalue weighted by atomic mass is 10.2. The first-order valence-electron chi connectivity index (χ1n) is 6.74. The zero-order valence-electron chi connectivity index (χ0n) is 11.8. The van der Waals surface area contributed by atoms with E-state index >= 15 is 0 Å². The van der Waals surface area contributed by atoms with Crippen LogP contribution in [0.15, 0.2) is 42.6 Å². The van der Waals surface area contributed by atoms with Gasteiger partial charge < -0.3 is 4.74 Å². The highest BCUT2D eigenvalue weighted by Crippen LogP contribution is 2.27. The number of ether oxygens (including phenoxy) is 1. The zero-order chi connectivity index (χ0) is 15.7. The van der Waals surface area contributed by atoms with Crippen molar-refractivity contribution in [2.24, 2.45) is 0 Å². The smallest absolute Gasteiger partial charge is 0.338 e. The molecule has 2 heterocycles. The highest BCUT2D eigenvalue weighted by Gasteiger charge is 2.37. The van der Waals surface area contributed by atoms with Crippen LogP contribution in [0.3, 0.4) is 0 Å². The van der Waals surface area contributed by atoms with E-state index in [1.807, 2.05) is 0 Å². The molecule has 0 spiro atoms. The van der Waals surface area contributed by atoms with E-state index in [2.05, 4.69) is 4.98 Å². The Hall–Kier alpha value is -3.02. The highest BCUT2D eigenvalue weighted by molar-refractivity contribution is 6.33. The number of nitrogens with zero attached hydrogens (tertiary/aromatic N) is 2. The second kappa shape index (κ2) is 5.40. The number of aromatic nitrogens is 1. The summed E-state index contributed by atoms with van der Waals surface area (Å²) >= 11 is 0. The SMILES string of the molecule is CCOC(=O)c1cccc(N2C(=O)c3cccnc3C2=O)c1. The molecule has 2 aromatic rings. The number of imide groups is 1. The second-order valence-corrected chi connectivity index (χ2v) is 4.62. The average Bonchev–Trinajstić information content (AvgIpc) is 2.80. The summed E-state index contributed by atoms with van der Waals surface area (Å²) in [6.07, 6.45) is 1.46. The van der Waals surface area contributed by atoms with Crippen molar-refractivity contribution in [2.75, 3.05) is 11.5 Å². The fraction of sp³-hybridized carbons (Fsp3) is 0.125. The monoisotopic (exact) mass is 296 g/mol. The Balaban J connectivity index is 2.00. The van der Waals surface area contributed by atoms with Crippen molar-refractivity contribution in [2.45, 2.75) is 6.92 Å². The Morgan fingerprint density at radius 3 is 2.73 bits per heavy atom. The van der Waals surface area contributed by atoms with Gasteiger partial charge in [0.05, 0.1) is 23.4 Å². The average molecular weight is 296 g/mol. The zero-order valence-corrected chi connectivity index (χ0v) is 11.8. The van der Waals surface area contributed by atoms with Crippen LogP contribution in [0.5, 0.6) is 0 Å². The summed E-state index contributed by atoms with van der Waals surface area (Å²) in [5, 5.41) is 0. The van der Waals surface area contributed by atoms with Gasteiger partial charge >= 0.3 is 5.97 Å². The van der Waals surface area contributed by atoms with Crippen molar-refractivity contribution >= 4 is 23.5 Å². The number of amides is 2. The third-order valence-corrected chi connectivity index (χ3v) is 3.26. The number of fused-ring (bicyclic) bond motifs is 1. The van der Waals surface area contributed by atoms with Crippen LogP contribution in [-0.2, 0) is 4.74 Å². The molecule has 0 radical (unpaired) electrons. The molecule has 0 N–H and O–H groups in total. The number of carbonyl (C=O) groups excluding carboxylic acids is 3. The summed E-state index contributed by atoms with van der Waals surface area (Å²) in [5.41, 5.74) is 0.977. The summed E-state index contributed by atoms with van der Waals surface area (Å²) in [5.74, 6) is -1.45. The molecule has 22 heavy (non-hydrogen) atoms. The molecular weight excluding hydrogens is 284 g/mol. The Bertz CT molecular complexity index is 750. The van der Waals surface area contributed by atoms with E-state index in [1.165, 1.54) is 12.3 Å². The molecule has 0 aliphatic carbocycles. The summed E-state index contributed by atoms with van der Waals surface area (Å²) in [6, 6.07) is 9.36. The molecule has 110 valence electrons. The largest absolute Gasteiger partial charge is 0.462 e. The van der Waals surface area contributed by atoms with Gasteiger partial charge in [0, 0.05) is 6.20 Å². The lowest BCUT2D eigenvalue weighted by molar-refractivity contribution is 0.0525. The molecular formula is C16H12N2O4. The molecule has 0 bridgehead atoms. The van der Waals surface area contributed by atoms with Gasteiger partial charge in [-0.3, -0.25) is 14.6 Å². The van der Waals surface area contributed by atoms with E-state index in [0.29, 0.717) is 5.69 Å². The number of hydrogen-bond acceptors (Lipinski definition) is 5. The normalized spacial score (nSPS) is 13.2. The third-order valence-electron chi connectivity index (χ3n) is 3.26. The van der Waals surface area contributed by atoms with E-state index in [0.717, 1.165) is 4.90 Å². The van der Waals surface area contributed by atoms with Crippen LogP contribution < -0.4 is 4.90 Å². The maximum Gasteiger partial charge on any atom is 0.338 e. The first kappa shape index (κ1) is 13.9. The Kier molecular flexibility index (Phi) is 3.42. The number of esters is 1. The molecule has 0 saturated heterocycles. The second-order valence-electron chi connectivity index (χ2n) is 4.62. The summed E-state index contributed by atoms with van der Waals surface area (Å²) in [7, 11) is 0. The van der Waals surface area contributed by atoms with Crippen molar-refractivity contribution in [3.8, 4) is 0 Å². The molecule has 2 amide bonds. The molecule has 1 aliphatic rings. The van der Waals surface area contributed by atoms with Gasteiger partial charge in [0.2, 0.25) is 0 Å². The van der Waals surface area contributed by atoms with Crippen molar-refractivity contribution in [1.29, 1.82) is 0 Å². The number of hydrogen-bond donors (Lipinski definition) is 0. The van der Waals surface area contributed by atoms with Crippen molar-refractivity contribution in [3.05, 3.63) is 59.4 Å². The fourth-order valence-corrected chi connectivity index (χ4v) is 2.29. The first-order chi connectivity index (χ1) is 10.6. The van der Waals surface area contributed by atoms with Crippen LogP contribution in [0.4, 0.5) is 5.69 Å². The fourth-order valence-electron chi connectivity index (χ4n) is 2.29. The van der Waals surface area contributed by atoms with Crippen LogP contribution >= 0.6 is 0 Å². The van der Waals surface area contributed by atoms with Crippen LogP contribution in [-0.4, -0.2) is 29.4 Å². The molecule has 1 aliphatic heterocycles. The van der Waals surface area contributed by atoms with Crippen molar-refractivity contribution < 1.29 is 19.1 Å². The molecule has 0 atom stereocenters. The van der Waals surface area contributed by atoms with Gasteiger partial charge in [0.15, 0.2) is 0 Å². The predicted octanol–water partition coefficient (Wildman–Crippen LogP) is 2.06.